The molecule has 1 rings (SSSR count). The molecule has 0 saturated carbocycles. The Hall–Kier alpha value is -1.18. The fourth-order valence-corrected chi connectivity index (χ4v) is 1.62. The smallest absolute Gasteiger partial charge is 0.236 e. The molecule has 14 heavy (non-hydrogen) atoms. The van der Waals surface area contributed by atoms with Crippen LogP contribution in [-0.2, 0) is 4.79 Å². The molecule has 72 valence electrons. The molecule has 0 aromatic heterocycles. The summed E-state index contributed by atoms with van der Waals surface area (Å²) in [6.07, 6.45) is 0. The standard InChI is InChI=1S/C9H7ClN2OS/c10-7-3-1-6(2-4-7)8(9(12)13)14-5-11/h1-4,8H,(H2,12,13). The Kier molecular flexibility index (Phi) is 3.81. The van der Waals surface area contributed by atoms with Crippen LogP contribution in [0.2, 0.25) is 5.02 Å². The van der Waals surface area contributed by atoms with Crippen LogP contribution < -0.4 is 5.73 Å². The summed E-state index contributed by atoms with van der Waals surface area (Å²) >= 11 is 6.52. The fraction of sp³-hybridized carbons (Fsp3) is 0.111. The number of halogens is 1. The predicted octanol–water partition coefficient (Wildman–Crippen LogP) is 2.08. The van der Waals surface area contributed by atoms with Crippen molar-refractivity contribution in [3.8, 4) is 5.40 Å². The number of hydrogen-bond acceptors (Lipinski definition) is 3. The molecule has 0 bridgehead atoms. The molecule has 1 atom stereocenters. The number of thioether (sulfide) groups is 1. The van der Waals surface area contributed by atoms with Crippen LogP contribution in [0.25, 0.3) is 0 Å². The van der Waals surface area contributed by atoms with E-state index in [-0.39, 0.29) is 0 Å². The number of carbonyl (C=O) groups excluding carboxylic acids is 1. The maximum absolute atomic E-state index is 11.0. The molecule has 0 saturated heterocycles. The number of benzene rings is 1. The maximum Gasteiger partial charge on any atom is 0.236 e. The number of primary amides is 1. The minimum absolute atomic E-state index is 0.529. The van der Waals surface area contributed by atoms with Gasteiger partial charge >= 0.3 is 0 Å². The summed E-state index contributed by atoms with van der Waals surface area (Å²) in [5.74, 6) is -0.529. The van der Waals surface area contributed by atoms with Gasteiger partial charge in [0, 0.05) is 5.02 Å². The van der Waals surface area contributed by atoms with E-state index in [0.29, 0.717) is 10.6 Å². The zero-order valence-corrected chi connectivity index (χ0v) is 8.68. The molecule has 0 spiro atoms. The Morgan fingerprint density at radius 2 is 2.07 bits per heavy atom. The zero-order valence-electron chi connectivity index (χ0n) is 7.11. The molecular formula is C9H7ClN2OS. The van der Waals surface area contributed by atoms with Gasteiger partial charge in [0.2, 0.25) is 5.91 Å². The van der Waals surface area contributed by atoms with E-state index in [9.17, 15) is 4.79 Å². The molecule has 0 aliphatic heterocycles. The van der Waals surface area contributed by atoms with Crippen molar-refractivity contribution in [1.82, 2.24) is 0 Å². The van der Waals surface area contributed by atoms with Crippen LogP contribution in [0.4, 0.5) is 0 Å². The van der Waals surface area contributed by atoms with Gasteiger partial charge in [0.1, 0.15) is 10.7 Å². The van der Waals surface area contributed by atoms with Crippen LogP contribution in [0.3, 0.4) is 0 Å². The number of thiocyanates is 1. The first-order valence-electron chi connectivity index (χ1n) is 3.74. The predicted molar refractivity (Wildman–Crippen MR) is 56.6 cm³/mol. The third-order valence-electron chi connectivity index (χ3n) is 1.60. The maximum atomic E-state index is 11.0. The Morgan fingerprint density at radius 1 is 1.50 bits per heavy atom. The van der Waals surface area contributed by atoms with Crippen molar-refractivity contribution < 1.29 is 4.79 Å². The SMILES string of the molecule is N#CSC(C(N)=O)c1ccc(Cl)cc1. The first-order valence-corrected chi connectivity index (χ1v) is 5.00. The monoisotopic (exact) mass is 226 g/mol. The highest BCUT2D eigenvalue weighted by Gasteiger charge is 2.17. The van der Waals surface area contributed by atoms with Gasteiger partial charge in [-0.05, 0) is 29.5 Å². The van der Waals surface area contributed by atoms with E-state index in [1.165, 1.54) is 0 Å². The minimum Gasteiger partial charge on any atom is -0.368 e. The van der Waals surface area contributed by atoms with Crippen molar-refractivity contribution in [3.05, 3.63) is 34.9 Å². The van der Waals surface area contributed by atoms with E-state index in [2.05, 4.69) is 0 Å². The topological polar surface area (TPSA) is 66.9 Å². The lowest BCUT2D eigenvalue weighted by atomic mass is 10.1. The highest BCUT2D eigenvalue weighted by molar-refractivity contribution is 8.04. The van der Waals surface area contributed by atoms with Crippen molar-refractivity contribution in [2.24, 2.45) is 5.73 Å². The van der Waals surface area contributed by atoms with E-state index < -0.39 is 11.2 Å². The van der Waals surface area contributed by atoms with Gasteiger partial charge in [-0.1, -0.05) is 23.7 Å². The molecule has 2 N–H and O–H groups in total. The number of nitrogens with two attached hydrogens (primary N) is 1. The summed E-state index contributed by atoms with van der Waals surface area (Å²) < 4.78 is 0. The quantitative estimate of drug-likeness (QED) is 0.803. The number of nitriles is 1. The lowest BCUT2D eigenvalue weighted by Crippen LogP contribution is -2.18. The van der Waals surface area contributed by atoms with E-state index in [0.717, 1.165) is 11.8 Å². The van der Waals surface area contributed by atoms with Crippen LogP contribution in [0.1, 0.15) is 10.8 Å². The second kappa shape index (κ2) is 4.89. The molecule has 0 aliphatic rings. The Morgan fingerprint density at radius 3 is 2.50 bits per heavy atom. The van der Waals surface area contributed by atoms with Gasteiger partial charge in [-0.2, -0.15) is 5.26 Å². The van der Waals surface area contributed by atoms with E-state index in [1.54, 1.807) is 24.3 Å². The summed E-state index contributed by atoms with van der Waals surface area (Å²) in [5, 5.41) is 10.3. The average molecular weight is 227 g/mol. The first kappa shape index (κ1) is 10.9. The molecule has 3 nitrogen and oxygen atoms in total. The molecule has 0 heterocycles. The highest BCUT2D eigenvalue weighted by Crippen LogP contribution is 2.28. The van der Waals surface area contributed by atoms with Crippen LogP contribution in [-0.4, -0.2) is 5.91 Å². The van der Waals surface area contributed by atoms with E-state index in [4.69, 9.17) is 22.6 Å². The van der Waals surface area contributed by atoms with Gasteiger partial charge < -0.3 is 5.73 Å². The highest BCUT2D eigenvalue weighted by atomic mass is 35.5. The molecule has 0 aliphatic carbocycles. The van der Waals surface area contributed by atoms with Crippen LogP contribution in [0.5, 0.6) is 0 Å². The van der Waals surface area contributed by atoms with Crippen molar-refractivity contribution in [2.75, 3.05) is 0 Å². The number of hydrogen-bond donors (Lipinski definition) is 1. The summed E-state index contributed by atoms with van der Waals surface area (Å²) in [6.45, 7) is 0. The molecular weight excluding hydrogens is 220 g/mol. The van der Waals surface area contributed by atoms with Gasteiger partial charge in [-0.25, -0.2) is 0 Å². The van der Waals surface area contributed by atoms with Crippen LogP contribution in [0.15, 0.2) is 24.3 Å². The van der Waals surface area contributed by atoms with Gasteiger partial charge in [0.15, 0.2) is 0 Å². The van der Waals surface area contributed by atoms with E-state index >= 15 is 0 Å². The molecule has 5 heteroatoms. The van der Waals surface area contributed by atoms with Crippen LogP contribution >= 0.6 is 23.4 Å². The normalized spacial score (nSPS) is 11.7. The van der Waals surface area contributed by atoms with E-state index in [1.807, 2.05) is 5.40 Å². The number of rotatable bonds is 3. The zero-order chi connectivity index (χ0) is 10.6. The van der Waals surface area contributed by atoms with Crippen LogP contribution in [0, 0.1) is 10.7 Å². The summed E-state index contributed by atoms with van der Waals surface area (Å²) in [7, 11) is 0. The molecule has 1 unspecified atom stereocenters. The molecule has 1 amide bonds. The first-order chi connectivity index (χ1) is 6.65. The largest absolute Gasteiger partial charge is 0.368 e. The summed E-state index contributed by atoms with van der Waals surface area (Å²) in [4.78, 5) is 11.0. The summed E-state index contributed by atoms with van der Waals surface area (Å²) in [6, 6.07) is 6.68. The number of carbonyl (C=O) groups is 1. The fourth-order valence-electron chi connectivity index (χ4n) is 0.981. The van der Waals surface area contributed by atoms with Gasteiger partial charge in [0.05, 0.1) is 0 Å². The van der Waals surface area contributed by atoms with Crippen molar-refractivity contribution >= 4 is 29.3 Å². The van der Waals surface area contributed by atoms with Gasteiger partial charge in [0.25, 0.3) is 0 Å². The second-order valence-corrected chi connectivity index (χ2v) is 3.87. The minimum atomic E-state index is -0.628. The Balaban J connectivity index is 2.95. The Labute approximate surface area is 90.8 Å². The number of nitrogens with zero attached hydrogens (tertiary/aromatic N) is 1. The summed E-state index contributed by atoms with van der Waals surface area (Å²) in [5.41, 5.74) is 5.84. The molecule has 0 radical (unpaired) electrons. The van der Waals surface area contributed by atoms with Crippen molar-refractivity contribution in [3.63, 3.8) is 0 Å². The van der Waals surface area contributed by atoms with Crippen molar-refractivity contribution in [2.45, 2.75) is 5.25 Å². The van der Waals surface area contributed by atoms with Crippen molar-refractivity contribution in [1.29, 1.82) is 5.26 Å². The second-order valence-electron chi connectivity index (χ2n) is 2.54. The molecule has 1 aromatic carbocycles. The van der Waals surface area contributed by atoms with Gasteiger partial charge in [-0.3, -0.25) is 4.79 Å². The third kappa shape index (κ3) is 2.66. The molecule has 0 fully saturated rings. The third-order valence-corrected chi connectivity index (χ3v) is 2.70. The van der Waals surface area contributed by atoms with Gasteiger partial charge in [-0.15, -0.1) is 0 Å². The number of amides is 1. The lowest BCUT2D eigenvalue weighted by molar-refractivity contribution is -0.117. The lowest BCUT2D eigenvalue weighted by Gasteiger charge is -2.08. The molecule has 1 aromatic rings. The Bertz CT molecular complexity index is 371. The average Bonchev–Trinajstić information content (AvgIpc) is 2.15.